The average Bonchev–Trinajstić information content (AvgIpc) is 2.94. The molecule has 0 amide bonds. The van der Waals surface area contributed by atoms with Crippen LogP contribution >= 0.6 is 12.4 Å². The Balaban J connectivity index is 0.00000108. The highest BCUT2D eigenvalue weighted by atomic mass is 35.5. The molecule has 5 nitrogen and oxygen atoms in total. The third kappa shape index (κ3) is 3.44. The molecule has 0 bridgehead atoms. The standard InChI is InChI=1S/C11H17N5.ClH/c1-2-8(1)15-10-5-11(14-7-13-10)16-9-3-4-12-6-9;/h5,7-9,12H,1-4,6H2,(H2,13,14,15,16);1H. The Hall–Kier alpha value is -1.07. The summed E-state index contributed by atoms with van der Waals surface area (Å²) in [5.41, 5.74) is 0. The zero-order valence-electron chi connectivity index (χ0n) is 9.65. The predicted molar refractivity (Wildman–Crippen MR) is 70.8 cm³/mol. The molecule has 3 rings (SSSR count). The number of anilines is 2. The Morgan fingerprint density at radius 3 is 2.35 bits per heavy atom. The number of hydrogen-bond acceptors (Lipinski definition) is 5. The minimum atomic E-state index is 0. The summed E-state index contributed by atoms with van der Waals surface area (Å²) in [6, 6.07) is 3.14. The monoisotopic (exact) mass is 255 g/mol. The van der Waals surface area contributed by atoms with Gasteiger partial charge in [0.15, 0.2) is 0 Å². The summed E-state index contributed by atoms with van der Waals surface area (Å²) in [5.74, 6) is 1.86. The molecule has 0 spiro atoms. The van der Waals surface area contributed by atoms with E-state index in [1.54, 1.807) is 6.33 Å². The quantitative estimate of drug-likeness (QED) is 0.756. The topological polar surface area (TPSA) is 61.9 Å². The second-order valence-electron chi connectivity index (χ2n) is 4.54. The van der Waals surface area contributed by atoms with Gasteiger partial charge in [0.2, 0.25) is 0 Å². The molecule has 2 fully saturated rings. The number of aromatic nitrogens is 2. The number of nitrogens with zero attached hydrogens (tertiary/aromatic N) is 2. The van der Waals surface area contributed by atoms with Crippen molar-refractivity contribution in [3.8, 4) is 0 Å². The van der Waals surface area contributed by atoms with Gasteiger partial charge in [0.25, 0.3) is 0 Å². The lowest BCUT2D eigenvalue weighted by Gasteiger charge is -2.12. The van der Waals surface area contributed by atoms with E-state index >= 15 is 0 Å². The highest BCUT2D eigenvalue weighted by Crippen LogP contribution is 2.24. The van der Waals surface area contributed by atoms with Gasteiger partial charge in [-0.3, -0.25) is 0 Å². The fourth-order valence-corrected chi connectivity index (χ4v) is 1.94. The molecule has 6 heteroatoms. The second-order valence-corrected chi connectivity index (χ2v) is 4.54. The number of nitrogens with one attached hydrogen (secondary N) is 3. The lowest BCUT2D eigenvalue weighted by atomic mass is 10.2. The maximum Gasteiger partial charge on any atom is 0.131 e. The summed E-state index contributed by atoms with van der Waals surface area (Å²) in [7, 11) is 0. The maximum absolute atomic E-state index is 4.24. The van der Waals surface area contributed by atoms with E-state index in [0.29, 0.717) is 12.1 Å². The van der Waals surface area contributed by atoms with Crippen molar-refractivity contribution in [1.82, 2.24) is 15.3 Å². The molecule has 1 aromatic rings. The fraction of sp³-hybridized carbons (Fsp3) is 0.636. The van der Waals surface area contributed by atoms with Crippen molar-refractivity contribution in [3.05, 3.63) is 12.4 Å². The van der Waals surface area contributed by atoms with Crippen molar-refractivity contribution < 1.29 is 0 Å². The second kappa shape index (κ2) is 5.51. The van der Waals surface area contributed by atoms with Gasteiger partial charge >= 0.3 is 0 Å². The molecule has 3 N–H and O–H groups in total. The van der Waals surface area contributed by atoms with Crippen LogP contribution in [-0.2, 0) is 0 Å². The van der Waals surface area contributed by atoms with Crippen LogP contribution in [0.15, 0.2) is 12.4 Å². The number of halogens is 1. The minimum Gasteiger partial charge on any atom is -0.367 e. The smallest absolute Gasteiger partial charge is 0.131 e. The van der Waals surface area contributed by atoms with Crippen LogP contribution in [0.3, 0.4) is 0 Å². The van der Waals surface area contributed by atoms with Gasteiger partial charge in [-0.1, -0.05) is 0 Å². The summed E-state index contributed by atoms with van der Waals surface area (Å²) in [6.45, 7) is 2.12. The molecule has 1 saturated heterocycles. The Labute approximate surface area is 107 Å². The Morgan fingerprint density at radius 1 is 1.06 bits per heavy atom. The van der Waals surface area contributed by atoms with E-state index in [1.807, 2.05) is 6.07 Å². The van der Waals surface area contributed by atoms with E-state index in [-0.39, 0.29) is 12.4 Å². The highest BCUT2D eigenvalue weighted by Gasteiger charge is 2.21. The van der Waals surface area contributed by atoms with Crippen LogP contribution in [0.1, 0.15) is 19.3 Å². The van der Waals surface area contributed by atoms with Crippen molar-refractivity contribution in [1.29, 1.82) is 0 Å². The largest absolute Gasteiger partial charge is 0.367 e. The Morgan fingerprint density at radius 2 is 1.76 bits per heavy atom. The number of rotatable bonds is 4. The van der Waals surface area contributed by atoms with Crippen molar-refractivity contribution >= 4 is 24.0 Å². The zero-order valence-corrected chi connectivity index (χ0v) is 10.5. The molecular weight excluding hydrogens is 238 g/mol. The summed E-state index contributed by atoms with van der Waals surface area (Å²) in [6.07, 6.45) is 5.31. The van der Waals surface area contributed by atoms with E-state index in [0.717, 1.165) is 31.1 Å². The molecular formula is C11H18ClN5. The van der Waals surface area contributed by atoms with Crippen LogP contribution in [0.25, 0.3) is 0 Å². The van der Waals surface area contributed by atoms with Crippen molar-refractivity contribution in [3.63, 3.8) is 0 Å². The SMILES string of the molecule is Cl.c1nc(NC2CC2)cc(NC2CCNC2)n1. The molecule has 1 aliphatic heterocycles. The fourth-order valence-electron chi connectivity index (χ4n) is 1.94. The average molecular weight is 256 g/mol. The molecule has 2 aliphatic rings. The molecule has 1 aliphatic carbocycles. The molecule has 0 aromatic carbocycles. The van der Waals surface area contributed by atoms with Gasteiger partial charge in [0.05, 0.1) is 0 Å². The lowest BCUT2D eigenvalue weighted by Crippen LogP contribution is -2.22. The molecule has 94 valence electrons. The third-order valence-corrected chi connectivity index (χ3v) is 3.01. The first kappa shape index (κ1) is 12.4. The Bertz CT molecular complexity index is 363. The molecule has 1 unspecified atom stereocenters. The van der Waals surface area contributed by atoms with Gasteiger partial charge in [0, 0.05) is 24.7 Å². The Kier molecular flexibility index (Phi) is 4.02. The zero-order chi connectivity index (χ0) is 10.8. The molecule has 2 heterocycles. The van der Waals surface area contributed by atoms with E-state index in [9.17, 15) is 0 Å². The van der Waals surface area contributed by atoms with Gasteiger partial charge in [-0.05, 0) is 25.8 Å². The van der Waals surface area contributed by atoms with Crippen LogP contribution in [-0.4, -0.2) is 35.1 Å². The van der Waals surface area contributed by atoms with Crippen molar-refractivity contribution in [2.24, 2.45) is 0 Å². The molecule has 1 atom stereocenters. The molecule has 17 heavy (non-hydrogen) atoms. The van der Waals surface area contributed by atoms with Gasteiger partial charge < -0.3 is 16.0 Å². The maximum atomic E-state index is 4.24. The highest BCUT2D eigenvalue weighted by molar-refractivity contribution is 5.85. The van der Waals surface area contributed by atoms with Gasteiger partial charge in [-0.15, -0.1) is 12.4 Å². The summed E-state index contributed by atoms with van der Waals surface area (Å²) >= 11 is 0. The molecule has 1 saturated carbocycles. The van der Waals surface area contributed by atoms with E-state index in [2.05, 4.69) is 25.9 Å². The van der Waals surface area contributed by atoms with Crippen molar-refractivity contribution in [2.45, 2.75) is 31.3 Å². The van der Waals surface area contributed by atoms with Gasteiger partial charge in [0.1, 0.15) is 18.0 Å². The first-order valence-electron chi connectivity index (χ1n) is 5.96. The van der Waals surface area contributed by atoms with Gasteiger partial charge in [-0.25, -0.2) is 9.97 Å². The van der Waals surface area contributed by atoms with Crippen LogP contribution in [0.2, 0.25) is 0 Å². The number of hydrogen-bond donors (Lipinski definition) is 3. The van der Waals surface area contributed by atoms with Crippen LogP contribution in [0.5, 0.6) is 0 Å². The molecule has 0 radical (unpaired) electrons. The van der Waals surface area contributed by atoms with Crippen LogP contribution in [0.4, 0.5) is 11.6 Å². The normalized spacial score (nSPS) is 22.9. The first-order chi connectivity index (χ1) is 7.90. The first-order valence-corrected chi connectivity index (χ1v) is 5.96. The summed E-state index contributed by atoms with van der Waals surface area (Å²) < 4.78 is 0. The van der Waals surface area contributed by atoms with E-state index in [4.69, 9.17) is 0 Å². The van der Waals surface area contributed by atoms with Crippen LogP contribution < -0.4 is 16.0 Å². The van der Waals surface area contributed by atoms with Gasteiger partial charge in [-0.2, -0.15) is 0 Å². The summed E-state index contributed by atoms with van der Waals surface area (Å²) in [4.78, 5) is 8.46. The van der Waals surface area contributed by atoms with Crippen LogP contribution in [0, 0.1) is 0 Å². The third-order valence-electron chi connectivity index (χ3n) is 3.01. The molecule has 1 aromatic heterocycles. The summed E-state index contributed by atoms with van der Waals surface area (Å²) in [5, 5.41) is 10.1. The lowest BCUT2D eigenvalue weighted by molar-refractivity contribution is 0.787. The van der Waals surface area contributed by atoms with E-state index < -0.39 is 0 Å². The van der Waals surface area contributed by atoms with E-state index in [1.165, 1.54) is 12.8 Å². The van der Waals surface area contributed by atoms with Crippen molar-refractivity contribution in [2.75, 3.05) is 23.7 Å². The minimum absolute atomic E-state index is 0. The predicted octanol–water partition coefficient (Wildman–Crippen LogP) is 1.25.